The summed E-state index contributed by atoms with van der Waals surface area (Å²) in [7, 11) is 1.71. The Morgan fingerprint density at radius 1 is 1.12 bits per heavy atom. The molecule has 1 aliphatic rings. The van der Waals surface area contributed by atoms with Crippen molar-refractivity contribution in [2.45, 2.75) is 6.42 Å². The van der Waals surface area contributed by atoms with Crippen LogP contribution < -0.4 is 10.5 Å². The van der Waals surface area contributed by atoms with E-state index in [1.807, 2.05) is 9.80 Å². The third-order valence-electron chi connectivity index (χ3n) is 4.17. The van der Waals surface area contributed by atoms with Crippen LogP contribution in [0.2, 0.25) is 5.02 Å². The lowest BCUT2D eigenvalue weighted by Gasteiger charge is -2.22. The van der Waals surface area contributed by atoms with Gasteiger partial charge in [0.2, 0.25) is 0 Å². The molecule has 0 saturated carbocycles. The Labute approximate surface area is 145 Å². The first-order valence-corrected chi connectivity index (χ1v) is 8.25. The molecule has 3 rings (SSSR count). The summed E-state index contributed by atoms with van der Waals surface area (Å²) in [6.07, 6.45) is 4.05. The van der Waals surface area contributed by atoms with E-state index < -0.39 is 0 Å². The van der Waals surface area contributed by atoms with Crippen LogP contribution in [0.5, 0.6) is 0 Å². The number of hydrogen-bond acceptors (Lipinski definition) is 4. The molecule has 0 radical (unpaired) electrons. The smallest absolute Gasteiger partial charge is 0.293 e. The Morgan fingerprint density at radius 3 is 2.62 bits per heavy atom. The van der Waals surface area contributed by atoms with E-state index in [4.69, 9.17) is 11.6 Å². The molecule has 2 aromatic rings. The fraction of sp³-hybridized carbons (Fsp3) is 0.353. The number of halogens is 1. The molecule has 1 aromatic heterocycles. The predicted octanol–water partition coefficient (Wildman–Crippen LogP) is 1.79. The minimum absolute atomic E-state index is 0.0116. The van der Waals surface area contributed by atoms with Crippen LogP contribution in [0.1, 0.15) is 16.8 Å². The second-order valence-electron chi connectivity index (χ2n) is 5.81. The highest BCUT2D eigenvalue weighted by Crippen LogP contribution is 2.14. The van der Waals surface area contributed by atoms with Crippen LogP contribution in [-0.4, -0.2) is 46.5 Å². The number of aryl methyl sites for hydroxylation is 1. The summed E-state index contributed by atoms with van der Waals surface area (Å²) in [5.41, 5.74) is 0.511. The molecular weight excluding hydrogens is 328 g/mol. The number of hydrogen-bond donors (Lipinski definition) is 0. The zero-order chi connectivity index (χ0) is 17.1. The zero-order valence-electron chi connectivity index (χ0n) is 13.5. The summed E-state index contributed by atoms with van der Waals surface area (Å²) >= 11 is 5.87. The van der Waals surface area contributed by atoms with Gasteiger partial charge in [-0.05, 0) is 30.7 Å². The second kappa shape index (κ2) is 7.05. The largest absolute Gasteiger partial charge is 0.350 e. The highest BCUT2D eigenvalue weighted by molar-refractivity contribution is 6.30. The third kappa shape index (κ3) is 3.43. The Kier molecular flexibility index (Phi) is 4.85. The third-order valence-corrected chi connectivity index (χ3v) is 4.42. The number of carbonyl (C=O) groups is 1. The van der Waals surface area contributed by atoms with Gasteiger partial charge >= 0.3 is 0 Å². The molecule has 126 valence electrons. The van der Waals surface area contributed by atoms with Crippen molar-refractivity contribution in [3.05, 3.63) is 57.6 Å². The number of anilines is 1. The summed E-state index contributed by atoms with van der Waals surface area (Å²) in [5.74, 6) is 0.434. The molecule has 1 fully saturated rings. The van der Waals surface area contributed by atoms with Crippen LogP contribution in [0, 0.1) is 0 Å². The molecule has 1 amide bonds. The molecule has 0 spiro atoms. The van der Waals surface area contributed by atoms with Gasteiger partial charge in [-0.1, -0.05) is 11.6 Å². The Morgan fingerprint density at radius 2 is 1.88 bits per heavy atom. The molecule has 0 N–H and O–H groups in total. The molecule has 0 atom stereocenters. The molecule has 2 heterocycles. The Balaban J connectivity index is 1.73. The number of nitrogens with zero attached hydrogens (tertiary/aromatic N) is 4. The van der Waals surface area contributed by atoms with Gasteiger partial charge in [0, 0.05) is 56.2 Å². The number of aromatic nitrogens is 2. The van der Waals surface area contributed by atoms with E-state index in [0.29, 0.717) is 42.6 Å². The maximum Gasteiger partial charge on any atom is 0.293 e. The summed E-state index contributed by atoms with van der Waals surface area (Å²) in [4.78, 5) is 32.8. The van der Waals surface area contributed by atoms with Crippen LogP contribution >= 0.6 is 11.6 Å². The molecule has 1 aliphatic heterocycles. The maximum atomic E-state index is 12.6. The highest BCUT2D eigenvalue weighted by Gasteiger charge is 2.22. The molecule has 7 heteroatoms. The van der Waals surface area contributed by atoms with Crippen LogP contribution in [-0.2, 0) is 7.05 Å². The van der Waals surface area contributed by atoms with Crippen LogP contribution in [0.3, 0.4) is 0 Å². The molecule has 0 bridgehead atoms. The van der Waals surface area contributed by atoms with Gasteiger partial charge in [0.15, 0.2) is 5.82 Å². The summed E-state index contributed by atoms with van der Waals surface area (Å²) in [5, 5.41) is 0.611. The molecule has 1 saturated heterocycles. The van der Waals surface area contributed by atoms with E-state index >= 15 is 0 Å². The number of rotatable bonds is 2. The highest BCUT2D eigenvalue weighted by atomic mass is 35.5. The molecule has 0 aliphatic carbocycles. The SMILES string of the molecule is Cn1ccnc(N2CCCN(C(=O)c3ccc(Cl)cc3)CC2)c1=O. The molecule has 1 aromatic carbocycles. The van der Waals surface area contributed by atoms with Gasteiger partial charge in [-0.3, -0.25) is 9.59 Å². The van der Waals surface area contributed by atoms with Gasteiger partial charge in [-0.2, -0.15) is 0 Å². The van der Waals surface area contributed by atoms with Crippen molar-refractivity contribution in [1.29, 1.82) is 0 Å². The standard InChI is InChI=1S/C17H19ClN4O2/c1-20-10-7-19-15(17(20)24)21-8-2-9-22(12-11-21)16(23)13-3-5-14(18)6-4-13/h3-7,10H,2,8-9,11-12H2,1H3. The first kappa shape index (κ1) is 16.5. The van der Waals surface area contributed by atoms with Gasteiger partial charge in [0.1, 0.15) is 0 Å². The van der Waals surface area contributed by atoms with E-state index in [0.717, 1.165) is 6.42 Å². The first-order valence-electron chi connectivity index (χ1n) is 7.87. The second-order valence-corrected chi connectivity index (χ2v) is 6.24. The molecule has 6 nitrogen and oxygen atoms in total. The molecular formula is C17H19ClN4O2. The van der Waals surface area contributed by atoms with Crippen LogP contribution in [0.4, 0.5) is 5.82 Å². The predicted molar refractivity (Wildman–Crippen MR) is 93.7 cm³/mol. The quantitative estimate of drug-likeness (QED) is 0.831. The lowest BCUT2D eigenvalue weighted by molar-refractivity contribution is 0.0767. The number of benzene rings is 1. The zero-order valence-corrected chi connectivity index (χ0v) is 14.2. The Hall–Kier alpha value is -2.34. The van der Waals surface area contributed by atoms with Crippen molar-refractivity contribution in [3.63, 3.8) is 0 Å². The summed E-state index contributed by atoms with van der Waals surface area (Å²) < 4.78 is 1.52. The van der Waals surface area contributed by atoms with E-state index in [-0.39, 0.29) is 11.5 Å². The topological polar surface area (TPSA) is 58.4 Å². The number of carbonyl (C=O) groups excluding carboxylic acids is 1. The maximum absolute atomic E-state index is 12.6. The number of amides is 1. The fourth-order valence-electron chi connectivity index (χ4n) is 2.81. The van der Waals surface area contributed by atoms with Gasteiger partial charge < -0.3 is 14.4 Å². The van der Waals surface area contributed by atoms with Crippen LogP contribution in [0.25, 0.3) is 0 Å². The van der Waals surface area contributed by atoms with Gasteiger partial charge in [0.05, 0.1) is 0 Å². The van der Waals surface area contributed by atoms with Gasteiger partial charge in [-0.25, -0.2) is 4.98 Å². The summed E-state index contributed by atoms with van der Waals surface area (Å²) in [6.45, 7) is 2.51. The van der Waals surface area contributed by atoms with Crippen molar-refractivity contribution >= 4 is 23.3 Å². The average Bonchev–Trinajstić information content (AvgIpc) is 2.83. The van der Waals surface area contributed by atoms with E-state index in [2.05, 4.69) is 4.98 Å². The van der Waals surface area contributed by atoms with Crippen LogP contribution in [0.15, 0.2) is 41.5 Å². The first-order chi connectivity index (χ1) is 11.6. The minimum atomic E-state index is -0.116. The van der Waals surface area contributed by atoms with Crippen molar-refractivity contribution in [2.75, 3.05) is 31.1 Å². The lowest BCUT2D eigenvalue weighted by Crippen LogP contribution is -2.37. The summed E-state index contributed by atoms with van der Waals surface area (Å²) in [6, 6.07) is 6.91. The van der Waals surface area contributed by atoms with Crippen molar-refractivity contribution in [2.24, 2.45) is 7.05 Å². The molecule has 24 heavy (non-hydrogen) atoms. The van der Waals surface area contributed by atoms with E-state index in [9.17, 15) is 9.59 Å². The Bertz CT molecular complexity index is 788. The van der Waals surface area contributed by atoms with Gasteiger partial charge in [0.25, 0.3) is 11.5 Å². The minimum Gasteiger partial charge on any atom is -0.350 e. The van der Waals surface area contributed by atoms with Crippen molar-refractivity contribution in [1.82, 2.24) is 14.5 Å². The van der Waals surface area contributed by atoms with E-state index in [1.54, 1.807) is 43.7 Å². The fourth-order valence-corrected chi connectivity index (χ4v) is 2.93. The molecule has 0 unspecified atom stereocenters. The normalized spacial score (nSPS) is 15.2. The van der Waals surface area contributed by atoms with Crippen molar-refractivity contribution in [3.8, 4) is 0 Å². The monoisotopic (exact) mass is 346 g/mol. The van der Waals surface area contributed by atoms with Crippen molar-refractivity contribution < 1.29 is 4.79 Å². The van der Waals surface area contributed by atoms with E-state index in [1.165, 1.54) is 4.57 Å². The average molecular weight is 347 g/mol. The lowest BCUT2D eigenvalue weighted by atomic mass is 10.2. The van der Waals surface area contributed by atoms with Gasteiger partial charge in [-0.15, -0.1) is 0 Å².